The topological polar surface area (TPSA) is 99.2 Å². The van der Waals surface area contributed by atoms with Crippen molar-refractivity contribution < 1.29 is 23.1 Å². The van der Waals surface area contributed by atoms with Crippen LogP contribution < -0.4 is 9.46 Å². The van der Waals surface area contributed by atoms with Gasteiger partial charge in [0.05, 0.1) is 24.0 Å². The fourth-order valence-electron chi connectivity index (χ4n) is 5.66. The maximum absolute atomic E-state index is 13.6. The molecule has 0 bridgehead atoms. The zero-order chi connectivity index (χ0) is 32.8. The molecule has 46 heavy (non-hydrogen) atoms. The van der Waals surface area contributed by atoms with Crippen molar-refractivity contribution >= 4 is 33.2 Å². The van der Waals surface area contributed by atoms with Crippen molar-refractivity contribution in [2.75, 3.05) is 31.5 Å². The molecule has 0 fully saturated rings. The maximum Gasteiger partial charge on any atom is 0.261 e. The van der Waals surface area contributed by atoms with Crippen LogP contribution in [0.15, 0.2) is 102 Å². The number of rotatable bonds is 10. The van der Waals surface area contributed by atoms with Gasteiger partial charge in [0.2, 0.25) is 5.91 Å². The molecule has 0 unspecified atom stereocenters. The first kappa shape index (κ1) is 33.5. The van der Waals surface area contributed by atoms with Crippen LogP contribution in [0.1, 0.15) is 25.0 Å². The molecular formula is C36H40ClN3O5S. The minimum atomic E-state index is -3.89. The van der Waals surface area contributed by atoms with E-state index >= 15 is 0 Å². The van der Waals surface area contributed by atoms with Crippen LogP contribution in [-0.2, 0) is 27.8 Å². The molecule has 3 atom stereocenters. The summed E-state index contributed by atoms with van der Waals surface area (Å²) in [5.41, 5.74) is 4.38. The quantitative estimate of drug-likeness (QED) is 0.214. The Hall–Kier alpha value is -3.89. The number of aliphatic hydroxyl groups excluding tert-OH is 1. The van der Waals surface area contributed by atoms with Gasteiger partial charge in [0.15, 0.2) is 0 Å². The molecule has 5 rings (SSSR count). The van der Waals surface area contributed by atoms with Crippen molar-refractivity contribution in [3.05, 3.63) is 113 Å². The Morgan fingerprint density at radius 2 is 1.67 bits per heavy atom. The molecule has 2 N–H and O–H groups in total. The maximum atomic E-state index is 13.6. The van der Waals surface area contributed by atoms with Crippen LogP contribution in [0, 0.1) is 5.92 Å². The number of nitrogens with one attached hydrogen (secondary N) is 1. The number of ether oxygens (including phenoxy) is 1. The lowest BCUT2D eigenvalue weighted by Gasteiger charge is -2.34. The minimum Gasteiger partial charge on any atom is -0.488 e. The number of benzene rings is 4. The fourth-order valence-corrected chi connectivity index (χ4v) is 6.83. The summed E-state index contributed by atoms with van der Waals surface area (Å²) < 4.78 is 35.4. The van der Waals surface area contributed by atoms with E-state index in [-0.39, 0.29) is 41.9 Å². The summed E-state index contributed by atoms with van der Waals surface area (Å²) in [4.78, 5) is 17.5. The van der Waals surface area contributed by atoms with Gasteiger partial charge in [-0.25, -0.2) is 8.42 Å². The first-order valence-corrected chi connectivity index (χ1v) is 17.2. The summed E-state index contributed by atoms with van der Waals surface area (Å²) in [5.74, 6) is 0.303. The van der Waals surface area contributed by atoms with Crippen molar-refractivity contribution in [2.45, 2.75) is 43.9 Å². The van der Waals surface area contributed by atoms with Crippen LogP contribution in [0.25, 0.3) is 11.1 Å². The summed E-state index contributed by atoms with van der Waals surface area (Å²) >= 11 is 5.94. The molecule has 1 aliphatic heterocycles. The van der Waals surface area contributed by atoms with Gasteiger partial charge in [0.1, 0.15) is 11.9 Å². The summed E-state index contributed by atoms with van der Waals surface area (Å²) in [6.07, 6.45) is -0.289. The third-order valence-corrected chi connectivity index (χ3v) is 9.95. The zero-order valence-corrected chi connectivity index (χ0v) is 27.8. The molecule has 8 nitrogen and oxygen atoms in total. The minimum absolute atomic E-state index is 0.000766. The van der Waals surface area contributed by atoms with Crippen molar-refractivity contribution in [1.29, 1.82) is 0 Å². The highest BCUT2D eigenvalue weighted by Crippen LogP contribution is 2.30. The monoisotopic (exact) mass is 661 g/mol. The number of sulfonamides is 1. The summed E-state index contributed by atoms with van der Waals surface area (Å²) in [6, 6.07) is 29.3. The van der Waals surface area contributed by atoms with E-state index in [1.807, 2.05) is 32.2 Å². The number of fused-ring (bicyclic) bond motifs is 1. The number of aliphatic hydroxyl groups is 1. The predicted octanol–water partition coefficient (Wildman–Crippen LogP) is 6.09. The second-order valence-electron chi connectivity index (χ2n) is 12.0. The third-order valence-electron chi connectivity index (χ3n) is 8.30. The van der Waals surface area contributed by atoms with Gasteiger partial charge in [-0.3, -0.25) is 14.4 Å². The molecule has 1 aliphatic rings. The van der Waals surface area contributed by atoms with E-state index in [2.05, 4.69) is 52.9 Å². The first-order chi connectivity index (χ1) is 22.0. The molecule has 0 aromatic heterocycles. The molecule has 10 heteroatoms. The fraction of sp³-hybridized carbons (Fsp3) is 0.306. The van der Waals surface area contributed by atoms with Gasteiger partial charge in [-0.1, -0.05) is 73.1 Å². The number of hydrogen-bond acceptors (Lipinski definition) is 6. The number of hydrogen-bond donors (Lipinski definition) is 2. The van der Waals surface area contributed by atoms with E-state index in [4.69, 9.17) is 16.3 Å². The Morgan fingerprint density at radius 3 is 2.35 bits per heavy atom. The van der Waals surface area contributed by atoms with Gasteiger partial charge in [-0.05, 0) is 73.1 Å². The molecule has 4 aromatic rings. The Morgan fingerprint density at radius 1 is 1.00 bits per heavy atom. The molecule has 4 aromatic carbocycles. The smallest absolute Gasteiger partial charge is 0.261 e. The second kappa shape index (κ2) is 14.7. The Kier molecular flexibility index (Phi) is 10.7. The Labute approximate surface area is 276 Å². The van der Waals surface area contributed by atoms with E-state index in [0.29, 0.717) is 41.7 Å². The average Bonchev–Trinajstić information content (AvgIpc) is 3.08. The van der Waals surface area contributed by atoms with Crippen LogP contribution in [0.4, 0.5) is 5.69 Å². The lowest BCUT2D eigenvalue weighted by Crippen LogP contribution is -2.47. The summed E-state index contributed by atoms with van der Waals surface area (Å²) in [5, 5.41) is 10.4. The van der Waals surface area contributed by atoms with E-state index in [1.165, 1.54) is 35.4 Å². The third kappa shape index (κ3) is 8.27. The van der Waals surface area contributed by atoms with Crippen LogP contribution >= 0.6 is 11.6 Å². The lowest BCUT2D eigenvalue weighted by molar-refractivity contribution is -0.134. The Balaban J connectivity index is 1.37. The second-order valence-corrected chi connectivity index (χ2v) is 14.1. The van der Waals surface area contributed by atoms with Crippen LogP contribution in [0.2, 0.25) is 5.02 Å². The van der Waals surface area contributed by atoms with Gasteiger partial charge in [0, 0.05) is 41.8 Å². The highest BCUT2D eigenvalue weighted by molar-refractivity contribution is 7.92. The largest absolute Gasteiger partial charge is 0.488 e. The molecule has 0 saturated heterocycles. The standard InChI is InChI=1S/C36H40ClN3O5S/c1-25-21-40(26(2)24-41)36(42)20-30-19-32(38-46(43,44)33-16-13-31(37)14-17-33)15-18-34(30)45-35(25)23-39(3)22-27-9-11-29(12-10-27)28-7-5-4-6-8-28/h4-19,25-26,35,38,41H,20-24H2,1-3H3/t25-,26+,35-/m1/s1. The van der Waals surface area contributed by atoms with Crippen molar-refractivity contribution in [2.24, 2.45) is 5.92 Å². The van der Waals surface area contributed by atoms with E-state index in [0.717, 1.165) is 5.56 Å². The zero-order valence-electron chi connectivity index (χ0n) is 26.3. The van der Waals surface area contributed by atoms with Gasteiger partial charge in [-0.2, -0.15) is 0 Å². The molecule has 0 radical (unpaired) electrons. The van der Waals surface area contributed by atoms with Crippen LogP contribution in [0.5, 0.6) is 5.75 Å². The summed E-state index contributed by atoms with van der Waals surface area (Å²) in [7, 11) is -1.85. The predicted molar refractivity (Wildman–Crippen MR) is 182 cm³/mol. The average molecular weight is 662 g/mol. The summed E-state index contributed by atoms with van der Waals surface area (Å²) in [6.45, 7) is 5.40. The number of carbonyl (C=O) groups is 1. The SMILES string of the molecule is C[C@@H]1CN([C@@H](C)CO)C(=O)Cc2cc(NS(=O)(=O)c3ccc(Cl)cc3)ccc2O[C@@H]1CN(C)Cc1ccc(-c2ccccc2)cc1. The number of carbonyl (C=O) groups excluding carboxylic acids is 1. The van der Waals surface area contributed by atoms with E-state index in [9.17, 15) is 18.3 Å². The molecule has 0 aliphatic carbocycles. The van der Waals surface area contributed by atoms with Crippen LogP contribution in [-0.4, -0.2) is 68.1 Å². The number of anilines is 1. The van der Waals surface area contributed by atoms with Gasteiger partial charge in [0.25, 0.3) is 10.0 Å². The number of amides is 1. The Bertz CT molecular complexity index is 1730. The van der Waals surface area contributed by atoms with Gasteiger partial charge < -0.3 is 14.7 Å². The molecule has 0 saturated carbocycles. The number of nitrogens with zero attached hydrogens (tertiary/aromatic N) is 2. The lowest BCUT2D eigenvalue weighted by atomic mass is 10.0. The first-order valence-electron chi connectivity index (χ1n) is 15.3. The van der Waals surface area contributed by atoms with Crippen molar-refractivity contribution in [3.8, 4) is 16.9 Å². The van der Waals surface area contributed by atoms with Gasteiger partial charge in [-0.15, -0.1) is 0 Å². The van der Waals surface area contributed by atoms with Crippen molar-refractivity contribution in [1.82, 2.24) is 9.80 Å². The van der Waals surface area contributed by atoms with Gasteiger partial charge >= 0.3 is 0 Å². The molecule has 242 valence electrons. The molecule has 1 amide bonds. The highest BCUT2D eigenvalue weighted by atomic mass is 35.5. The molecular weight excluding hydrogens is 622 g/mol. The van der Waals surface area contributed by atoms with Crippen molar-refractivity contribution in [3.63, 3.8) is 0 Å². The van der Waals surface area contributed by atoms with E-state index in [1.54, 1.807) is 23.1 Å². The van der Waals surface area contributed by atoms with E-state index < -0.39 is 10.0 Å². The normalized spacial score (nSPS) is 17.8. The number of halogens is 1. The molecule has 0 spiro atoms. The van der Waals surface area contributed by atoms with Crippen LogP contribution in [0.3, 0.4) is 0 Å². The molecule has 1 heterocycles. The number of likely N-dealkylation sites (N-methyl/N-ethyl adjacent to an activating group) is 1. The highest BCUT2D eigenvalue weighted by Gasteiger charge is 2.31.